The molecule has 1 heterocycles. The Bertz CT molecular complexity index is 436. The zero-order chi connectivity index (χ0) is 13.6. The molecule has 1 atom stereocenters. The summed E-state index contributed by atoms with van der Waals surface area (Å²) in [7, 11) is 0.668. The topological polar surface area (TPSA) is 12.5 Å². The van der Waals surface area contributed by atoms with Crippen molar-refractivity contribution >= 4 is 14.0 Å². The molecular weight excluding hydrogens is 238 g/mol. The monoisotopic (exact) mass is 263 g/mol. The lowest BCUT2D eigenvalue weighted by atomic mass is 9.85. The summed E-state index contributed by atoms with van der Waals surface area (Å²) in [6.07, 6.45) is 1.31. The molecule has 0 radical (unpaired) electrons. The maximum Gasteiger partial charge on any atom is 0.184 e. The van der Waals surface area contributed by atoms with Crippen molar-refractivity contribution in [1.29, 1.82) is 0 Å². The quantitative estimate of drug-likeness (QED) is 0.742. The Labute approximate surface area is 112 Å². The molecular formula is C15H25NOSi. The van der Waals surface area contributed by atoms with Gasteiger partial charge >= 0.3 is 0 Å². The van der Waals surface area contributed by atoms with Crippen LogP contribution in [0.15, 0.2) is 24.3 Å². The van der Waals surface area contributed by atoms with Crippen molar-refractivity contribution < 1.29 is 4.43 Å². The van der Waals surface area contributed by atoms with Crippen LogP contribution in [-0.2, 0) is 4.43 Å². The summed E-state index contributed by atoms with van der Waals surface area (Å²) in [6.45, 7) is 11.4. The molecule has 2 rings (SSSR count). The number of anilines is 1. The minimum absolute atomic E-state index is 0.151. The molecule has 1 aromatic carbocycles. The second kappa shape index (κ2) is 4.39. The summed E-state index contributed by atoms with van der Waals surface area (Å²) in [4.78, 5) is 2.38. The summed E-state index contributed by atoms with van der Waals surface area (Å²) < 4.78 is 6.40. The van der Waals surface area contributed by atoms with Gasteiger partial charge in [-0.15, -0.1) is 0 Å². The number of rotatable bonds is 2. The van der Waals surface area contributed by atoms with Crippen molar-refractivity contribution in [3.8, 4) is 0 Å². The van der Waals surface area contributed by atoms with Crippen LogP contribution < -0.4 is 4.90 Å². The van der Waals surface area contributed by atoms with Gasteiger partial charge < -0.3 is 9.33 Å². The van der Waals surface area contributed by atoms with Crippen LogP contribution in [0.4, 0.5) is 5.69 Å². The first kappa shape index (κ1) is 13.6. The number of hydrogen-bond acceptors (Lipinski definition) is 2. The third-order valence-electron chi connectivity index (χ3n) is 3.73. The third-order valence-corrected chi connectivity index (χ3v) is 4.73. The molecule has 1 aliphatic heterocycles. The lowest BCUT2D eigenvalue weighted by Gasteiger charge is -2.47. The third kappa shape index (κ3) is 2.62. The smallest absolute Gasteiger partial charge is 0.184 e. The van der Waals surface area contributed by atoms with Crippen molar-refractivity contribution in [1.82, 2.24) is 0 Å². The van der Waals surface area contributed by atoms with Gasteiger partial charge in [-0.3, -0.25) is 0 Å². The van der Waals surface area contributed by atoms with Crippen molar-refractivity contribution in [2.45, 2.75) is 51.6 Å². The van der Waals surface area contributed by atoms with Gasteiger partial charge in [-0.2, -0.15) is 0 Å². The summed E-state index contributed by atoms with van der Waals surface area (Å²) >= 11 is 0. The lowest BCUT2D eigenvalue weighted by molar-refractivity contribution is 0.149. The minimum atomic E-state index is -1.52. The number of nitrogens with zero attached hydrogens (tertiary/aromatic N) is 1. The van der Waals surface area contributed by atoms with Gasteiger partial charge in [0.25, 0.3) is 0 Å². The lowest BCUT2D eigenvalue weighted by Crippen LogP contribution is -2.47. The van der Waals surface area contributed by atoms with Gasteiger partial charge in [0.05, 0.1) is 6.10 Å². The molecule has 0 spiro atoms. The van der Waals surface area contributed by atoms with Gasteiger partial charge in [0.1, 0.15) is 0 Å². The normalized spacial score (nSPS) is 22.8. The molecule has 0 aromatic heterocycles. The van der Waals surface area contributed by atoms with E-state index in [4.69, 9.17) is 4.43 Å². The van der Waals surface area contributed by atoms with Crippen LogP contribution in [0.25, 0.3) is 0 Å². The van der Waals surface area contributed by atoms with E-state index in [0.717, 1.165) is 6.42 Å². The van der Waals surface area contributed by atoms with Crippen molar-refractivity contribution in [3.05, 3.63) is 29.8 Å². The predicted molar refractivity (Wildman–Crippen MR) is 80.7 cm³/mol. The van der Waals surface area contributed by atoms with Crippen LogP contribution >= 0.6 is 0 Å². The van der Waals surface area contributed by atoms with Crippen LogP contribution in [0.2, 0.25) is 19.6 Å². The molecule has 0 saturated carbocycles. The zero-order valence-corrected chi connectivity index (χ0v) is 13.4. The Kier molecular flexibility index (Phi) is 3.32. The van der Waals surface area contributed by atoms with E-state index in [9.17, 15) is 0 Å². The Morgan fingerprint density at radius 3 is 2.44 bits per heavy atom. The Hall–Kier alpha value is -0.803. The maximum atomic E-state index is 6.40. The van der Waals surface area contributed by atoms with E-state index in [0.29, 0.717) is 0 Å². The highest BCUT2D eigenvalue weighted by Crippen LogP contribution is 2.43. The fourth-order valence-electron chi connectivity index (χ4n) is 2.62. The average molecular weight is 263 g/mol. The minimum Gasteiger partial charge on any atom is -0.411 e. The van der Waals surface area contributed by atoms with Crippen LogP contribution in [0.5, 0.6) is 0 Å². The van der Waals surface area contributed by atoms with E-state index in [-0.39, 0.29) is 11.6 Å². The molecule has 2 nitrogen and oxygen atoms in total. The molecule has 3 heteroatoms. The fourth-order valence-corrected chi connectivity index (χ4v) is 3.69. The van der Waals surface area contributed by atoms with Crippen molar-refractivity contribution in [2.24, 2.45) is 0 Å². The first-order valence-electron chi connectivity index (χ1n) is 6.71. The fraction of sp³-hybridized carbons (Fsp3) is 0.600. The summed E-state index contributed by atoms with van der Waals surface area (Å²) in [5.74, 6) is 0. The standard InChI is InChI=1S/C15H25NOSi/c1-15(2)11-14(17-18(4,5)6)12-9-7-8-10-13(12)16(15)3/h7-10,14H,11H2,1-6H3. The number of para-hydroxylation sites is 1. The summed E-state index contributed by atoms with van der Waals surface area (Å²) in [5, 5.41) is 0. The van der Waals surface area contributed by atoms with E-state index in [1.54, 1.807) is 0 Å². The van der Waals surface area contributed by atoms with Gasteiger partial charge in [0, 0.05) is 23.8 Å². The maximum absolute atomic E-state index is 6.40. The van der Waals surface area contributed by atoms with E-state index in [2.05, 4.69) is 69.7 Å². The van der Waals surface area contributed by atoms with Crippen LogP contribution in [0, 0.1) is 0 Å². The van der Waals surface area contributed by atoms with E-state index in [1.807, 2.05) is 0 Å². The Balaban J connectivity index is 2.41. The first-order valence-corrected chi connectivity index (χ1v) is 10.1. The molecule has 1 aliphatic rings. The van der Waals surface area contributed by atoms with Crippen LogP contribution in [-0.4, -0.2) is 20.9 Å². The molecule has 0 amide bonds. The highest BCUT2D eigenvalue weighted by molar-refractivity contribution is 6.69. The largest absolute Gasteiger partial charge is 0.411 e. The second-order valence-corrected chi connectivity index (χ2v) is 11.3. The molecule has 0 bridgehead atoms. The number of hydrogen-bond donors (Lipinski definition) is 0. The Morgan fingerprint density at radius 1 is 1.22 bits per heavy atom. The highest BCUT2D eigenvalue weighted by Gasteiger charge is 2.37. The van der Waals surface area contributed by atoms with Gasteiger partial charge in [0.15, 0.2) is 8.32 Å². The second-order valence-electron chi connectivity index (χ2n) is 6.85. The molecule has 0 saturated heterocycles. The average Bonchev–Trinajstić information content (AvgIpc) is 2.23. The summed E-state index contributed by atoms with van der Waals surface area (Å²) in [5.41, 5.74) is 2.82. The van der Waals surface area contributed by atoms with E-state index < -0.39 is 8.32 Å². The summed E-state index contributed by atoms with van der Waals surface area (Å²) in [6, 6.07) is 8.65. The van der Waals surface area contributed by atoms with E-state index >= 15 is 0 Å². The van der Waals surface area contributed by atoms with Gasteiger partial charge in [-0.25, -0.2) is 0 Å². The van der Waals surface area contributed by atoms with Crippen LogP contribution in [0.1, 0.15) is 31.9 Å². The molecule has 1 unspecified atom stereocenters. The molecule has 100 valence electrons. The highest BCUT2D eigenvalue weighted by atomic mass is 28.4. The predicted octanol–water partition coefficient (Wildman–Crippen LogP) is 4.20. The molecule has 18 heavy (non-hydrogen) atoms. The number of fused-ring (bicyclic) bond motifs is 1. The molecule has 1 aromatic rings. The molecule has 0 aliphatic carbocycles. The first-order chi connectivity index (χ1) is 8.21. The van der Waals surface area contributed by atoms with Gasteiger partial charge in [-0.05, 0) is 46.0 Å². The SMILES string of the molecule is CN1c2ccccc2C(O[Si](C)(C)C)CC1(C)C. The van der Waals surface area contributed by atoms with E-state index in [1.165, 1.54) is 11.3 Å². The van der Waals surface area contributed by atoms with Gasteiger partial charge in [-0.1, -0.05) is 18.2 Å². The van der Waals surface area contributed by atoms with Crippen molar-refractivity contribution in [2.75, 3.05) is 11.9 Å². The van der Waals surface area contributed by atoms with Crippen molar-refractivity contribution in [3.63, 3.8) is 0 Å². The Morgan fingerprint density at radius 2 is 1.83 bits per heavy atom. The molecule has 0 N–H and O–H groups in total. The molecule has 0 fully saturated rings. The van der Waals surface area contributed by atoms with Gasteiger partial charge in [0.2, 0.25) is 0 Å². The van der Waals surface area contributed by atoms with Crippen LogP contribution in [0.3, 0.4) is 0 Å². The number of benzene rings is 1. The zero-order valence-electron chi connectivity index (χ0n) is 12.4.